The van der Waals surface area contributed by atoms with Crippen LogP contribution in [-0.2, 0) is 10.0 Å². The lowest BCUT2D eigenvalue weighted by Crippen LogP contribution is -2.21. The Morgan fingerprint density at radius 3 is 2.30 bits per heavy atom. The highest BCUT2D eigenvalue weighted by Gasteiger charge is 2.16. The van der Waals surface area contributed by atoms with Crippen molar-refractivity contribution in [1.29, 1.82) is 0 Å². The summed E-state index contributed by atoms with van der Waals surface area (Å²) in [5.74, 6) is 0.0314. The third-order valence-electron chi connectivity index (χ3n) is 5.04. The van der Waals surface area contributed by atoms with E-state index in [2.05, 4.69) is 19.9 Å². The molecule has 0 bridgehead atoms. The maximum atomic E-state index is 13.3. The number of hydrogen-bond acceptors (Lipinski definition) is 6. The third kappa shape index (κ3) is 3.99. The number of nitrogens with one attached hydrogen (secondary N) is 2. The van der Waals surface area contributed by atoms with Crippen LogP contribution in [0.1, 0.15) is 0 Å². The fourth-order valence-corrected chi connectivity index (χ4v) is 4.88. The second-order valence-corrected chi connectivity index (χ2v) is 9.61. The molecule has 0 fully saturated rings. The Morgan fingerprint density at radius 1 is 0.939 bits per heavy atom. The van der Waals surface area contributed by atoms with Crippen molar-refractivity contribution in [2.45, 2.75) is 4.90 Å². The van der Waals surface area contributed by atoms with Crippen molar-refractivity contribution in [3.8, 4) is 5.69 Å². The lowest BCUT2D eigenvalue weighted by Gasteiger charge is -2.11. The molecule has 2 heterocycles. The number of hydrogen-bond donors (Lipinski definition) is 2. The van der Waals surface area contributed by atoms with E-state index in [0.717, 1.165) is 10.8 Å². The van der Waals surface area contributed by atoms with Crippen LogP contribution in [0.5, 0.6) is 0 Å². The van der Waals surface area contributed by atoms with Gasteiger partial charge in [-0.1, -0.05) is 35.9 Å². The molecule has 2 aromatic heterocycles. The number of aromatic nitrogens is 4. The van der Waals surface area contributed by atoms with Crippen LogP contribution in [0.15, 0.2) is 82.5 Å². The van der Waals surface area contributed by atoms with E-state index in [-0.39, 0.29) is 26.2 Å². The predicted molar refractivity (Wildman–Crippen MR) is 130 cm³/mol. The summed E-state index contributed by atoms with van der Waals surface area (Å²) in [7, 11) is -3.92. The Bertz CT molecular complexity index is 1750. The molecule has 0 aliphatic heterocycles. The van der Waals surface area contributed by atoms with E-state index in [0.29, 0.717) is 16.6 Å². The highest BCUT2D eigenvalue weighted by Crippen LogP contribution is 2.21. The van der Waals surface area contributed by atoms with E-state index in [1.54, 1.807) is 0 Å². The molecule has 8 nitrogen and oxygen atoms in total. The van der Waals surface area contributed by atoms with Gasteiger partial charge >= 0.3 is 0 Å². The standard InChI is InChI=1S/C22H14ClN5O3S2/c23-19-9-10-20(26-25-19)27-33(30,31)16-7-5-15(6-8-16)28-21(29)17-11-13-3-1-2-4-14(13)12-18(17)24-22(28)32/h1-12H,(H,24,32)(H,26,27). The molecule has 0 atom stereocenters. The highest BCUT2D eigenvalue weighted by molar-refractivity contribution is 7.92. The molecular weight excluding hydrogens is 482 g/mol. The predicted octanol–water partition coefficient (Wildman–Crippen LogP) is 4.45. The summed E-state index contributed by atoms with van der Waals surface area (Å²) in [6.07, 6.45) is 0. The topological polar surface area (TPSA) is 110 Å². The van der Waals surface area contributed by atoms with E-state index >= 15 is 0 Å². The number of halogens is 1. The number of aromatic amines is 1. The van der Waals surface area contributed by atoms with Gasteiger partial charge in [0.05, 0.1) is 21.5 Å². The largest absolute Gasteiger partial charge is 0.331 e. The van der Waals surface area contributed by atoms with E-state index < -0.39 is 10.0 Å². The SMILES string of the molecule is O=c1c2cc3ccccc3cc2[nH]c(=S)n1-c1ccc(S(=O)(=O)Nc2ccc(Cl)nn2)cc1. The van der Waals surface area contributed by atoms with Crippen LogP contribution >= 0.6 is 23.8 Å². The first-order valence-corrected chi connectivity index (χ1v) is 11.9. The first kappa shape index (κ1) is 21.3. The number of anilines is 1. The van der Waals surface area contributed by atoms with Crippen molar-refractivity contribution in [3.63, 3.8) is 0 Å². The zero-order valence-corrected chi connectivity index (χ0v) is 19.1. The average molecular weight is 496 g/mol. The highest BCUT2D eigenvalue weighted by atomic mass is 35.5. The summed E-state index contributed by atoms with van der Waals surface area (Å²) in [4.78, 5) is 16.3. The van der Waals surface area contributed by atoms with Crippen LogP contribution in [0.2, 0.25) is 5.15 Å². The maximum Gasteiger partial charge on any atom is 0.266 e. The lowest BCUT2D eigenvalue weighted by atomic mass is 10.1. The summed E-state index contributed by atoms with van der Waals surface area (Å²) in [6, 6.07) is 20.0. The van der Waals surface area contributed by atoms with Gasteiger partial charge in [-0.15, -0.1) is 10.2 Å². The van der Waals surface area contributed by atoms with Crippen molar-refractivity contribution in [2.24, 2.45) is 0 Å². The molecule has 0 saturated heterocycles. The monoisotopic (exact) mass is 495 g/mol. The molecule has 3 aromatic carbocycles. The molecule has 0 amide bonds. The zero-order chi connectivity index (χ0) is 23.2. The fourth-order valence-electron chi connectivity index (χ4n) is 3.48. The van der Waals surface area contributed by atoms with E-state index in [1.165, 1.54) is 41.0 Å². The average Bonchev–Trinajstić information content (AvgIpc) is 2.80. The molecule has 164 valence electrons. The van der Waals surface area contributed by atoms with Crippen molar-refractivity contribution in [3.05, 3.63) is 93.1 Å². The Hall–Kier alpha value is -3.60. The summed E-state index contributed by atoms with van der Waals surface area (Å²) in [5.41, 5.74) is 0.763. The van der Waals surface area contributed by atoms with Gasteiger partial charge in [0.2, 0.25) is 0 Å². The zero-order valence-electron chi connectivity index (χ0n) is 16.7. The van der Waals surface area contributed by atoms with Gasteiger partial charge in [0.15, 0.2) is 15.7 Å². The first-order valence-electron chi connectivity index (χ1n) is 9.62. The Kier molecular flexibility index (Phi) is 5.20. The summed E-state index contributed by atoms with van der Waals surface area (Å²) < 4.78 is 29.2. The Balaban J connectivity index is 1.55. The summed E-state index contributed by atoms with van der Waals surface area (Å²) in [5, 5.41) is 9.84. The fraction of sp³-hybridized carbons (Fsp3) is 0. The normalized spacial score (nSPS) is 11.7. The van der Waals surface area contributed by atoms with Crippen LogP contribution in [0.25, 0.3) is 27.4 Å². The van der Waals surface area contributed by atoms with E-state index in [1.807, 2.05) is 36.4 Å². The quantitative estimate of drug-likeness (QED) is 0.281. The van der Waals surface area contributed by atoms with Crippen LogP contribution in [0.3, 0.4) is 0 Å². The molecule has 5 rings (SSSR count). The van der Waals surface area contributed by atoms with Crippen molar-refractivity contribution in [1.82, 2.24) is 19.7 Å². The molecule has 0 saturated carbocycles. The van der Waals surface area contributed by atoms with Gasteiger partial charge in [0.25, 0.3) is 15.6 Å². The van der Waals surface area contributed by atoms with E-state index in [9.17, 15) is 13.2 Å². The Labute approximate surface area is 197 Å². The summed E-state index contributed by atoms with van der Waals surface area (Å²) >= 11 is 11.1. The lowest BCUT2D eigenvalue weighted by molar-refractivity contribution is 0.601. The van der Waals surface area contributed by atoms with Crippen LogP contribution in [0, 0.1) is 4.77 Å². The van der Waals surface area contributed by atoms with Crippen molar-refractivity contribution in [2.75, 3.05) is 4.72 Å². The molecule has 0 spiro atoms. The minimum atomic E-state index is -3.92. The van der Waals surface area contributed by atoms with Crippen molar-refractivity contribution < 1.29 is 8.42 Å². The number of sulfonamides is 1. The second kappa shape index (κ2) is 8.07. The molecular formula is C22H14ClN5O3S2. The molecule has 2 N–H and O–H groups in total. The number of H-pyrrole nitrogens is 1. The molecule has 5 aromatic rings. The number of nitrogens with zero attached hydrogens (tertiary/aromatic N) is 3. The van der Waals surface area contributed by atoms with Gasteiger partial charge in [-0.2, -0.15) is 0 Å². The van der Waals surface area contributed by atoms with Gasteiger partial charge in [0, 0.05) is 0 Å². The van der Waals surface area contributed by atoms with Crippen molar-refractivity contribution >= 4 is 61.3 Å². The minimum Gasteiger partial charge on any atom is -0.331 e. The third-order valence-corrected chi connectivity index (χ3v) is 6.90. The maximum absolute atomic E-state index is 13.3. The Morgan fingerprint density at radius 2 is 1.64 bits per heavy atom. The number of benzene rings is 3. The van der Waals surface area contributed by atoms with E-state index in [4.69, 9.17) is 23.8 Å². The van der Waals surface area contributed by atoms with Gasteiger partial charge in [-0.3, -0.25) is 14.1 Å². The molecule has 0 radical (unpaired) electrons. The minimum absolute atomic E-state index is 0.0160. The van der Waals surface area contributed by atoms with Gasteiger partial charge < -0.3 is 4.98 Å². The number of rotatable bonds is 4. The smallest absolute Gasteiger partial charge is 0.266 e. The first-order chi connectivity index (χ1) is 15.8. The van der Waals surface area contributed by atoms with Crippen LogP contribution in [0.4, 0.5) is 5.82 Å². The second-order valence-electron chi connectivity index (χ2n) is 7.16. The van der Waals surface area contributed by atoms with Gasteiger partial charge in [0.1, 0.15) is 0 Å². The molecule has 0 aliphatic rings. The summed E-state index contributed by atoms with van der Waals surface area (Å²) in [6.45, 7) is 0. The number of fused-ring (bicyclic) bond motifs is 2. The van der Waals surface area contributed by atoms with Gasteiger partial charge in [-0.25, -0.2) is 8.42 Å². The molecule has 11 heteroatoms. The molecule has 0 unspecified atom stereocenters. The van der Waals surface area contributed by atoms with Gasteiger partial charge in [-0.05, 0) is 71.5 Å². The molecule has 0 aliphatic carbocycles. The van der Waals surface area contributed by atoms with Crippen LogP contribution in [-0.4, -0.2) is 28.2 Å². The molecule has 33 heavy (non-hydrogen) atoms. The van der Waals surface area contributed by atoms with Crippen LogP contribution < -0.4 is 10.3 Å².